The highest BCUT2D eigenvalue weighted by Crippen LogP contribution is 2.32. The minimum Gasteiger partial charge on any atom is -0.437 e. The van der Waals surface area contributed by atoms with Crippen LogP contribution in [0.4, 0.5) is 4.39 Å². The quantitative estimate of drug-likeness (QED) is 0.762. The second-order valence-electron chi connectivity index (χ2n) is 4.48. The molecule has 0 aliphatic carbocycles. The number of aromatic nitrogens is 1. The second-order valence-corrected chi connectivity index (χ2v) is 5.33. The number of para-hydroxylation sites is 1. The third-order valence-electron chi connectivity index (χ3n) is 3.03. The monoisotopic (exact) mass is 347 g/mol. The van der Waals surface area contributed by atoms with Crippen molar-refractivity contribution < 1.29 is 14.2 Å². The van der Waals surface area contributed by atoms with Gasteiger partial charge in [-0.25, -0.2) is 9.37 Å². The summed E-state index contributed by atoms with van der Waals surface area (Å²) in [4.78, 5) is 4.39. The van der Waals surface area contributed by atoms with Crippen molar-refractivity contribution in [1.29, 1.82) is 0 Å². The Bertz CT molecular complexity index is 807. The van der Waals surface area contributed by atoms with Crippen molar-refractivity contribution in [3.63, 3.8) is 0 Å². The third kappa shape index (κ3) is 2.89. The summed E-state index contributed by atoms with van der Waals surface area (Å²) in [5, 5.41) is 10.4. The Morgan fingerprint density at radius 1 is 1.14 bits per heavy atom. The van der Waals surface area contributed by atoms with Crippen LogP contribution in [0.1, 0.15) is 5.56 Å². The maximum absolute atomic E-state index is 13.3. The van der Waals surface area contributed by atoms with Gasteiger partial charge in [-0.15, -0.1) is 0 Å². The van der Waals surface area contributed by atoms with E-state index in [1.54, 1.807) is 6.07 Å². The van der Waals surface area contributed by atoms with Crippen molar-refractivity contribution in [3.8, 4) is 11.6 Å². The van der Waals surface area contributed by atoms with Gasteiger partial charge in [-0.3, -0.25) is 0 Å². The van der Waals surface area contributed by atoms with E-state index in [0.29, 0.717) is 15.8 Å². The predicted molar refractivity (Wildman–Crippen MR) is 81.8 cm³/mol. The number of pyridine rings is 1. The lowest BCUT2D eigenvalue weighted by Gasteiger charge is -2.11. The van der Waals surface area contributed by atoms with Crippen LogP contribution in [-0.4, -0.2) is 10.1 Å². The van der Waals surface area contributed by atoms with Gasteiger partial charge >= 0.3 is 0 Å². The van der Waals surface area contributed by atoms with Crippen molar-refractivity contribution in [3.05, 3.63) is 64.4 Å². The first-order valence-electron chi connectivity index (χ1n) is 6.30. The number of ether oxygens (including phenoxy) is 1. The van der Waals surface area contributed by atoms with Crippen molar-refractivity contribution in [2.45, 2.75) is 6.61 Å². The zero-order chi connectivity index (χ0) is 14.8. The molecule has 0 saturated carbocycles. The predicted octanol–water partition coefficient (Wildman–Crippen LogP) is 4.42. The topological polar surface area (TPSA) is 42.4 Å². The largest absolute Gasteiger partial charge is 0.437 e. The van der Waals surface area contributed by atoms with E-state index in [1.807, 2.05) is 30.3 Å². The Hall–Kier alpha value is -1.98. The van der Waals surface area contributed by atoms with E-state index in [-0.39, 0.29) is 12.5 Å². The highest BCUT2D eigenvalue weighted by Gasteiger charge is 2.11. The molecule has 3 rings (SSSR count). The number of aliphatic hydroxyl groups is 1. The zero-order valence-electron chi connectivity index (χ0n) is 10.9. The fourth-order valence-corrected chi connectivity index (χ4v) is 2.33. The molecular weight excluding hydrogens is 337 g/mol. The van der Waals surface area contributed by atoms with Gasteiger partial charge in [-0.05, 0) is 40.2 Å². The van der Waals surface area contributed by atoms with E-state index in [0.717, 1.165) is 10.9 Å². The van der Waals surface area contributed by atoms with Crippen molar-refractivity contribution >= 4 is 26.8 Å². The Kier molecular flexibility index (Phi) is 3.86. The molecule has 3 nitrogen and oxygen atoms in total. The molecule has 0 aliphatic heterocycles. The van der Waals surface area contributed by atoms with Crippen molar-refractivity contribution in [2.24, 2.45) is 0 Å². The lowest BCUT2D eigenvalue weighted by Crippen LogP contribution is -1.96. The molecule has 1 aromatic heterocycles. The summed E-state index contributed by atoms with van der Waals surface area (Å²) < 4.78 is 19.6. The summed E-state index contributed by atoms with van der Waals surface area (Å²) in [5.74, 6) is 0.175. The van der Waals surface area contributed by atoms with Crippen LogP contribution < -0.4 is 4.74 Å². The average molecular weight is 348 g/mol. The summed E-state index contributed by atoms with van der Waals surface area (Å²) in [7, 11) is 0. The van der Waals surface area contributed by atoms with E-state index < -0.39 is 5.82 Å². The van der Waals surface area contributed by atoms with Crippen LogP contribution >= 0.6 is 15.9 Å². The molecule has 1 heterocycles. The molecule has 0 unspecified atom stereocenters. The van der Waals surface area contributed by atoms with Crippen LogP contribution in [0, 0.1) is 5.82 Å². The van der Waals surface area contributed by atoms with E-state index >= 15 is 0 Å². The Labute approximate surface area is 129 Å². The Morgan fingerprint density at radius 3 is 2.76 bits per heavy atom. The van der Waals surface area contributed by atoms with E-state index in [9.17, 15) is 9.50 Å². The summed E-state index contributed by atoms with van der Waals surface area (Å²) >= 11 is 3.30. The zero-order valence-corrected chi connectivity index (χ0v) is 12.5. The standard InChI is InChI=1S/C16H11BrFNO2/c17-13-6-5-12(18)8-15(13)21-16-11(9-20)7-10-3-1-2-4-14(10)19-16/h1-8,20H,9H2. The van der Waals surface area contributed by atoms with E-state index in [1.165, 1.54) is 12.1 Å². The minimum atomic E-state index is -0.403. The molecule has 0 radical (unpaired) electrons. The van der Waals surface area contributed by atoms with Gasteiger partial charge in [0.05, 0.1) is 16.6 Å². The molecule has 0 spiro atoms. The first-order chi connectivity index (χ1) is 10.2. The van der Waals surface area contributed by atoms with Crippen LogP contribution in [0.25, 0.3) is 10.9 Å². The van der Waals surface area contributed by atoms with Gasteiger partial charge in [0.25, 0.3) is 0 Å². The Balaban J connectivity index is 2.08. The van der Waals surface area contributed by atoms with E-state index in [2.05, 4.69) is 20.9 Å². The molecule has 2 aromatic carbocycles. The second kappa shape index (κ2) is 5.79. The lowest BCUT2D eigenvalue weighted by atomic mass is 10.1. The number of hydrogen-bond donors (Lipinski definition) is 1. The summed E-state index contributed by atoms with van der Waals surface area (Å²) in [6.45, 7) is -0.208. The number of rotatable bonds is 3. The van der Waals surface area contributed by atoms with Crippen LogP contribution in [0.5, 0.6) is 11.6 Å². The summed E-state index contributed by atoms with van der Waals surface area (Å²) in [6, 6.07) is 13.5. The smallest absolute Gasteiger partial charge is 0.225 e. The average Bonchev–Trinajstić information content (AvgIpc) is 2.50. The summed E-state index contributed by atoms with van der Waals surface area (Å²) in [6.07, 6.45) is 0. The maximum atomic E-state index is 13.3. The van der Waals surface area contributed by atoms with Crippen LogP contribution in [0.2, 0.25) is 0 Å². The SMILES string of the molecule is OCc1cc2ccccc2nc1Oc1cc(F)ccc1Br. The molecule has 0 atom stereocenters. The fraction of sp³-hybridized carbons (Fsp3) is 0.0625. The summed E-state index contributed by atoms with van der Waals surface area (Å²) in [5.41, 5.74) is 1.29. The van der Waals surface area contributed by atoms with Crippen molar-refractivity contribution in [1.82, 2.24) is 4.98 Å². The number of benzene rings is 2. The van der Waals surface area contributed by atoms with Crippen LogP contribution in [0.3, 0.4) is 0 Å². The molecule has 106 valence electrons. The minimum absolute atomic E-state index is 0.208. The highest BCUT2D eigenvalue weighted by atomic mass is 79.9. The molecule has 1 N–H and O–H groups in total. The molecule has 0 aliphatic rings. The molecule has 3 aromatic rings. The van der Waals surface area contributed by atoms with Gasteiger partial charge in [0.1, 0.15) is 11.6 Å². The first kappa shape index (κ1) is 14.0. The first-order valence-corrected chi connectivity index (χ1v) is 7.09. The number of hydrogen-bond acceptors (Lipinski definition) is 3. The van der Waals surface area contributed by atoms with Gasteiger partial charge < -0.3 is 9.84 Å². The molecule has 0 amide bonds. The highest BCUT2D eigenvalue weighted by molar-refractivity contribution is 9.10. The molecule has 21 heavy (non-hydrogen) atoms. The fourth-order valence-electron chi connectivity index (χ4n) is 2.00. The van der Waals surface area contributed by atoms with Gasteiger partial charge in [0.15, 0.2) is 0 Å². The van der Waals surface area contributed by atoms with Crippen LogP contribution in [-0.2, 0) is 6.61 Å². The van der Waals surface area contributed by atoms with Crippen molar-refractivity contribution in [2.75, 3.05) is 0 Å². The van der Waals surface area contributed by atoms with Gasteiger partial charge in [-0.2, -0.15) is 0 Å². The van der Waals surface area contributed by atoms with E-state index in [4.69, 9.17) is 4.74 Å². The van der Waals surface area contributed by atoms with Gasteiger partial charge in [0, 0.05) is 17.0 Å². The normalized spacial score (nSPS) is 10.8. The Morgan fingerprint density at radius 2 is 1.95 bits per heavy atom. The number of nitrogens with zero attached hydrogens (tertiary/aromatic N) is 1. The van der Waals surface area contributed by atoms with Gasteiger partial charge in [-0.1, -0.05) is 18.2 Å². The third-order valence-corrected chi connectivity index (χ3v) is 3.69. The lowest BCUT2D eigenvalue weighted by molar-refractivity contribution is 0.275. The number of halogens is 2. The van der Waals surface area contributed by atoms with Gasteiger partial charge in [0.2, 0.25) is 5.88 Å². The molecule has 0 saturated heterocycles. The molecular formula is C16H11BrFNO2. The maximum Gasteiger partial charge on any atom is 0.225 e. The molecule has 0 fully saturated rings. The van der Waals surface area contributed by atoms with Crippen LogP contribution in [0.15, 0.2) is 53.0 Å². The number of aliphatic hydroxyl groups excluding tert-OH is 1. The number of fused-ring (bicyclic) bond motifs is 1. The molecule has 5 heteroatoms. The molecule has 0 bridgehead atoms.